The summed E-state index contributed by atoms with van der Waals surface area (Å²) < 4.78 is 12.9. The van der Waals surface area contributed by atoms with Crippen LogP contribution in [0.4, 0.5) is 4.39 Å². The van der Waals surface area contributed by atoms with Gasteiger partial charge in [0.25, 0.3) is 0 Å². The molecule has 0 amide bonds. The van der Waals surface area contributed by atoms with Crippen molar-refractivity contribution in [3.63, 3.8) is 0 Å². The molecule has 1 saturated carbocycles. The fraction of sp³-hybridized carbons (Fsp3) is 0.500. The highest BCUT2D eigenvalue weighted by Crippen LogP contribution is 2.27. The van der Waals surface area contributed by atoms with E-state index in [2.05, 4.69) is 12.2 Å². The van der Waals surface area contributed by atoms with Crippen LogP contribution in [0.1, 0.15) is 25.3 Å². The second-order valence-electron chi connectivity index (χ2n) is 4.43. The van der Waals surface area contributed by atoms with Crippen LogP contribution >= 0.6 is 0 Å². The Bertz CT molecular complexity index is 347. The van der Waals surface area contributed by atoms with Crippen molar-refractivity contribution < 1.29 is 9.50 Å². The predicted octanol–water partition coefficient (Wildman–Crippen LogP) is 2.42. The van der Waals surface area contributed by atoms with Crippen LogP contribution in [0.15, 0.2) is 18.2 Å². The second-order valence-corrected chi connectivity index (χ2v) is 4.43. The third kappa shape index (κ3) is 2.48. The minimum atomic E-state index is -0.299. The number of hydrogen-bond acceptors (Lipinski definition) is 2. The third-order valence-electron chi connectivity index (χ3n) is 3.00. The maximum atomic E-state index is 12.9. The number of aromatic hydroxyl groups is 1. The van der Waals surface area contributed by atoms with Gasteiger partial charge in [-0.15, -0.1) is 0 Å². The van der Waals surface area contributed by atoms with Crippen LogP contribution in [0.5, 0.6) is 5.75 Å². The Morgan fingerprint density at radius 3 is 2.87 bits per heavy atom. The lowest BCUT2D eigenvalue weighted by Crippen LogP contribution is -2.39. The number of rotatable bonds is 3. The molecule has 1 aliphatic carbocycles. The summed E-state index contributed by atoms with van der Waals surface area (Å²) in [6, 6.07) is 4.58. The Hall–Kier alpha value is -1.09. The summed E-state index contributed by atoms with van der Waals surface area (Å²) >= 11 is 0. The summed E-state index contributed by atoms with van der Waals surface area (Å²) in [5.41, 5.74) is 0.634. The summed E-state index contributed by atoms with van der Waals surface area (Å²) in [6.45, 7) is 2.76. The standard InChI is InChI=1S/C12H16FNO/c1-8-4-11(5-8)14-7-9-6-10(13)2-3-12(9)15/h2-3,6,8,11,14-15H,4-5,7H2,1H3. The minimum Gasteiger partial charge on any atom is -0.508 e. The van der Waals surface area contributed by atoms with E-state index in [1.54, 1.807) is 0 Å². The molecule has 2 rings (SSSR count). The maximum Gasteiger partial charge on any atom is 0.123 e. The molecule has 82 valence electrons. The number of halogens is 1. The summed E-state index contributed by atoms with van der Waals surface area (Å²) in [4.78, 5) is 0. The average molecular weight is 209 g/mol. The quantitative estimate of drug-likeness (QED) is 0.801. The first kappa shape index (κ1) is 10.4. The second kappa shape index (κ2) is 4.19. The van der Waals surface area contributed by atoms with Gasteiger partial charge in [0.1, 0.15) is 11.6 Å². The average Bonchev–Trinajstić information content (AvgIpc) is 2.16. The van der Waals surface area contributed by atoms with Crippen LogP contribution in [0.25, 0.3) is 0 Å². The van der Waals surface area contributed by atoms with Crippen LogP contribution in [0.3, 0.4) is 0 Å². The molecule has 0 unspecified atom stereocenters. The topological polar surface area (TPSA) is 32.3 Å². The fourth-order valence-electron chi connectivity index (χ4n) is 2.02. The van der Waals surface area contributed by atoms with E-state index in [1.807, 2.05) is 0 Å². The van der Waals surface area contributed by atoms with E-state index in [1.165, 1.54) is 31.0 Å². The van der Waals surface area contributed by atoms with Crippen molar-refractivity contribution in [1.82, 2.24) is 5.32 Å². The largest absolute Gasteiger partial charge is 0.508 e. The van der Waals surface area contributed by atoms with Gasteiger partial charge in [-0.25, -0.2) is 4.39 Å². The van der Waals surface area contributed by atoms with E-state index >= 15 is 0 Å². The Labute approximate surface area is 89.1 Å². The third-order valence-corrected chi connectivity index (χ3v) is 3.00. The minimum absolute atomic E-state index is 0.163. The zero-order chi connectivity index (χ0) is 10.8. The molecule has 0 spiro atoms. The van der Waals surface area contributed by atoms with Crippen molar-refractivity contribution >= 4 is 0 Å². The summed E-state index contributed by atoms with van der Waals surface area (Å²) in [6.07, 6.45) is 2.35. The Kier molecular flexibility index (Phi) is 2.91. The number of hydrogen-bond donors (Lipinski definition) is 2. The molecule has 0 aromatic heterocycles. The van der Waals surface area contributed by atoms with Gasteiger partial charge >= 0.3 is 0 Å². The smallest absolute Gasteiger partial charge is 0.123 e. The number of phenolic OH excluding ortho intramolecular Hbond substituents is 1. The lowest BCUT2D eigenvalue weighted by molar-refractivity contribution is 0.239. The molecule has 0 heterocycles. The first-order valence-electron chi connectivity index (χ1n) is 5.36. The van der Waals surface area contributed by atoms with Gasteiger partial charge in [0.15, 0.2) is 0 Å². The summed E-state index contributed by atoms with van der Waals surface area (Å²) in [5, 5.41) is 12.8. The van der Waals surface area contributed by atoms with Gasteiger partial charge in [0.05, 0.1) is 0 Å². The molecule has 0 saturated heterocycles. The molecule has 15 heavy (non-hydrogen) atoms. The van der Waals surface area contributed by atoms with Crippen LogP contribution in [-0.4, -0.2) is 11.1 Å². The monoisotopic (exact) mass is 209 g/mol. The van der Waals surface area contributed by atoms with Crippen LogP contribution in [0, 0.1) is 11.7 Å². The van der Waals surface area contributed by atoms with E-state index in [4.69, 9.17) is 0 Å². The van der Waals surface area contributed by atoms with E-state index in [0.29, 0.717) is 18.2 Å². The van der Waals surface area contributed by atoms with Gasteiger partial charge < -0.3 is 10.4 Å². The molecule has 3 heteroatoms. The Morgan fingerprint density at radius 2 is 2.20 bits per heavy atom. The van der Waals surface area contributed by atoms with Crippen molar-refractivity contribution in [2.24, 2.45) is 5.92 Å². The molecular formula is C12H16FNO. The van der Waals surface area contributed by atoms with E-state index < -0.39 is 0 Å². The zero-order valence-electron chi connectivity index (χ0n) is 8.83. The van der Waals surface area contributed by atoms with E-state index in [0.717, 1.165) is 5.92 Å². The predicted molar refractivity (Wildman–Crippen MR) is 57.1 cm³/mol. The zero-order valence-corrected chi connectivity index (χ0v) is 8.83. The molecule has 0 bridgehead atoms. The van der Waals surface area contributed by atoms with Gasteiger partial charge in [-0.2, -0.15) is 0 Å². The number of phenols is 1. The molecule has 1 aliphatic rings. The highest BCUT2D eigenvalue weighted by atomic mass is 19.1. The normalized spacial score (nSPS) is 24.9. The van der Waals surface area contributed by atoms with Gasteiger partial charge in [-0.3, -0.25) is 0 Å². The molecule has 2 N–H and O–H groups in total. The van der Waals surface area contributed by atoms with E-state index in [-0.39, 0.29) is 11.6 Å². The molecule has 0 radical (unpaired) electrons. The Morgan fingerprint density at radius 1 is 1.47 bits per heavy atom. The van der Waals surface area contributed by atoms with Crippen molar-refractivity contribution in [3.05, 3.63) is 29.6 Å². The van der Waals surface area contributed by atoms with Gasteiger partial charge in [0.2, 0.25) is 0 Å². The van der Waals surface area contributed by atoms with Crippen LogP contribution in [-0.2, 0) is 6.54 Å². The van der Waals surface area contributed by atoms with Crippen LogP contribution in [0.2, 0.25) is 0 Å². The molecule has 0 aliphatic heterocycles. The number of benzene rings is 1. The van der Waals surface area contributed by atoms with Crippen molar-refractivity contribution in [1.29, 1.82) is 0 Å². The highest BCUT2D eigenvalue weighted by molar-refractivity contribution is 5.32. The van der Waals surface area contributed by atoms with Gasteiger partial charge in [-0.05, 0) is 37.0 Å². The first-order chi connectivity index (χ1) is 7.15. The molecule has 0 atom stereocenters. The number of nitrogens with one attached hydrogen (secondary N) is 1. The van der Waals surface area contributed by atoms with E-state index in [9.17, 15) is 9.50 Å². The molecule has 1 aromatic carbocycles. The molecule has 1 fully saturated rings. The van der Waals surface area contributed by atoms with Crippen molar-refractivity contribution in [2.45, 2.75) is 32.4 Å². The van der Waals surface area contributed by atoms with Crippen LogP contribution < -0.4 is 5.32 Å². The molecular weight excluding hydrogens is 193 g/mol. The van der Waals surface area contributed by atoms with Gasteiger partial charge in [0, 0.05) is 18.2 Å². The van der Waals surface area contributed by atoms with Crippen molar-refractivity contribution in [3.8, 4) is 5.75 Å². The molecule has 2 nitrogen and oxygen atoms in total. The Balaban J connectivity index is 1.90. The lowest BCUT2D eigenvalue weighted by Gasteiger charge is -2.33. The molecule has 1 aromatic rings. The SMILES string of the molecule is CC1CC(NCc2cc(F)ccc2O)C1. The van der Waals surface area contributed by atoms with Crippen molar-refractivity contribution in [2.75, 3.05) is 0 Å². The maximum absolute atomic E-state index is 12.9. The summed E-state index contributed by atoms with van der Waals surface area (Å²) in [5.74, 6) is 0.659. The van der Waals surface area contributed by atoms with Gasteiger partial charge in [-0.1, -0.05) is 6.92 Å². The summed E-state index contributed by atoms with van der Waals surface area (Å²) in [7, 11) is 0. The lowest BCUT2D eigenvalue weighted by atomic mass is 9.82. The highest BCUT2D eigenvalue weighted by Gasteiger charge is 2.24. The first-order valence-corrected chi connectivity index (χ1v) is 5.36. The fourth-order valence-corrected chi connectivity index (χ4v) is 2.02.